The van der Waals surface area contributed by atoms with Crippen molar-refractivity contribution < 1.29 is 9.59 Å². The Kier molecular flexibility index (Phi) is 3.41. The average Bonchev–Trinajstić information content (AvgIpc) is 3.14. The van der Waals surface area contributed by atoms with Gasteiger partial charge in [-0.1, -0.05) is 12.1 Å². The summed E-state index contributed by atoms with van der Waals surface area (Å²) in [4.78, 5) is 32.9. The van der Waals surface area contributed by atoms with Crippen molar-refractivity contribution in [1.29, 1.82) is 0 Å². The summed E-state index contributed by atoms with van der Waals surface area (Å²) in [5.74, 6) is 0.772. The normalized spacial score (nSPS) is 28.9. The molecule has 0 bridgehead atoms. The van der Waals surface area contributed by atoms with Gasteiger partial charge in [0.15, 0.2) is 0 Å². The van der Waals surface area contributed by atoms with E-state index in [0.29, 0.717) is 24.4 Å². The fourth-order valence-electron chi connectivity index (χ4n) is 5.30. The van der Waals surface area contributed by atoms with Crippen LogP contribution in [0.25, 0.3) is 10.9 Å². The zero-order valence-corrected chi connectivity index (χ0v) is 15.2. The first-order chi connectivity index (χ1) is 12.5. The number of likely N-dealkylation sites (N-methyl/N-ethyl adjacent to an activating group) is 2. The smallest absolute Gasteiger partial charge is 0.326 e. The summed E-state index contributed by atoms with van der Waals surface area (Å²) >= 11 is 0. The highest BCUT2D eigenvalue weighted by Gasteiger charge is 2.41. The maximum atomic E-state index is 12.2. The lowest BCUT2D eigenvalue weighted by atomic mass is 9.72. The van der Waals surface area contributed by atoms with E-state index in [0.717, 1.165) is 19.4 Å². The van der Waals surface area contributed by atoms with E-state index in [1.807, 2.05) is 0 Å². The van der Waals surface area contributed by atoms with Crippen LogP contribution in [0.5, 0.6) is 0 Å². The van der Waals surface area contributed by atoms with E-state index in [9.17, 15) is 9.59 Å². The minimum absolute atomic E-state index is 0.101. The number of aromatic amines is 1. The molecule has 6 heteroatoms. The minimum atomic E-state index is -0.154. The number of nitrogens with one attached hydrogen (secondary N) is 1. The first-order valence-electron chi connectivity index (χ1n) is 9.37. The summed E-state index contributed by atoms with van der Waals surface area (Å²) in [7, 11) is 3.77. The zero-order chi connectivity index (χ0) is 18.0. The molecule has 1 unspecified atom stereocenters. The number of aromatic nitrogens is 1. The number of H-pyrrole nitrogens is 1. The molecule has 1 aromatic carbocycles. The molecular formula is C20H24N4O2. The van der Waals surface area contributed by atoms with E-state index in [4.69, 9.17) is 0 Å². The standard InChI is InChI=1S/C20H24N4O2/c1-22-9-12(10-24-11-18(25)23(2)20(24)26)6-15-14-4-3-5-16-19(14)13(8-21-16)7-17(15)22/h3-5,8,12,15,17,21H,6-7,9-11H2,1-2H3/t12-,15?,17-/m1/s1. The van der Waals surface area contributed by atoms with Crippen molar-refractivity contribution in [3.8, 4) is 0 Å². The molecule has 1 N–H and O–H groups in total. The van der Waals surface area contributed by atoms with Crippen LogP contribution in [0.15, 0.2) is 24.4 Å². The predicted molar refractivity (Wildman–Crippen MR) is 99.0 cm³/mol. The van der Waals surface area contributed by atoms with E-state index < -0.39 is 0 Å². The third kappa shape index (κ3) is 2.21. The summed E-state index contributed by atoms with van der Waals surface area (Å²) < 4.78 is 0. The summed E-state index contributed by atoms with van der Waals surface area (Å²) in [5, 5.41) is 1.40. The number of carbonyl (C=O) groups is 2. The summed E-state index contributed by atoms with van der Waals surface area (Å²) in [6, 6.07) is 6.92. The number of carbonyl (C=O) groups excluding carboxylic acids is 2. The summed E-state index contributed by atoms with van der Waals surface area (Å²) in [6.45, 7) is 1.86. The number of nitrogens with zero attached hydrogens (tertiary/aromatic N) is 3. The van der Waals surface area contributed by atoms with Gasteiger partial charge in [0.2, 0.25) is 5.91 Å². The summed E-state index contributed by atoms with van der Waals surface area (Å²) in [6.07, 6.45) is 4.31. The number of hydrogen-bond acceptors (Lipinski definition) is 3. The Balaban J connectivity index is 1.43. The number of hydrogen-bond donors (Lipinski definition) is 1. The van der Waals surface area contributed by atoms with Crippen molar-refractivity contribution >= 4 is 22.8 Å². The maximum absolute atomic E-state index is 12.2. The van der Waals surface area contributed by atoms with Crippen LogP contribution in [0.4, 0.5) is 4.79 Å². The van der Waals surface area contributed by atoms with E-state index in [1.54, 1.807) is 11.9 Å². The van der Waals surface area contributed by atoms with Gasteiger partial charge in [-0.25, -0.2) is 4.79 Å². The van der Waals surface area contributed by atoms with E-state index in [1.165, 1.54) is 26.9 Å². The Labute approximate surface area is 152 Å². The fourth-order valence-corrected chi connectivity index (χ4v) is 5.30. The summed E-state index contributed by atoms with van der Waals surface area (Å²) in [5.41, 5.74) is 4.08. The fraction of sp³-hybridized carbons (Fsp3) is 0.500. The number of imide groups is 1. The molecule has 5 rings (SSSR count). The van der Waals surface area contributed by atoms with Crippen molar-refractivity contribution in [1.82, 2.24) is 19.7 Å². The Morgan fingerprint density at radius 2 is 2.08 bits per heavy atom. The SMILES string of the molecule is CN1C(=O)CN(C[C@@H]2CC3c4cccc5[nH]cc(c45)C[C@H]3N(C)C2)C1=O. The van der Waals surface area contributed by atoms with Gasteiger partial charge in [0.1, 0.15) is 6.54 Å². The van der Waals surface area contributed by atoms with Crippen LogP contribution in [0.2, 0.25) is 0 Å². The maximum Gasteiger partial charge on any atom is 0.326 e. The molecule has 0 saturated carbocycles. The monoisotopic (exact) mass is 352 g/mol. The Morgan fingerprint density at radius 1 is 1.23 bits per heavy atom. The number of piperidine rings is 1. The molecule has 3 heterocycles. The lowest BCUT2D eigenvalue weighted by Crippen LogP contribution is -2.50. The number of likely N-dealkylation sites (tertiary alicyclic amines) is 1. The van der Waals surface area contributed by atoms with Gasteiger partial charge < -0.3 is 14.8 Å². The third-order valence-corrected chi connectivity index (χ3v) is 6.55. The van der Waals surface area contributed by atoms with Crippen LogP contribution in [0.1, 0.15) is 23.5 Å². The average molecular weight is 352 g/mol. The molecule has 0 radical (unpaired) electrons. The van der Waals surface area contributed by atoms with Crippen molar-refractivity contribution in [3.05, 3.63) is 35.5 Å². The Bertz CT molecular complexity index is 904. The van der Waals surface area contributed by atoms with Gasteiger partial charge in [0.05, 0.1) is 0 Å². The van der Waals surface area contributed by atoms with Gasteiger partial charge in [-0.3, -0.25) is 9.69 Å². The molecule has 136 valence electrons. The lowest BCUT2D eigenvalue weighted by molar-refractivity contribution is -0.124. The highest BCUT2D eigenvalue weighted by molar-refractivity contribution is 6.01. The van der Waals surface area contributed by atoms with Gasteiger partial charge in [-0.15, -0.1) is 0 Å². The molecule has 3 amide bonds. The molecule has 2 aliphatic heterocycles. The van der Waals surface area contributed by atoms with E-state index in [2.05, 4.69) is 41.3 Å². The quantitative estimate of drug-likeness (QED) is 0.842. The van der Waals surface area contributed by atoms with Crippen LogP contribution in [-0.2, 0) is 11.2 Å². The van der Waals surface area contributed by atoms with Crippen molar-refractivity contribution in [3.63, 3.8) is 0 Å². The molecule has 6 nitrogen and oxygen atoms in total. The molecule has 0 spiro atoms. The number of fused-ring (bicyclic) bond motifs is 2. The molecule has 2 fully saturated rings. The largest absolute Gasteiger partial charge is 0.361 e. The van der Waals surface area contributed by atoms with E-state index in [-0.39, 0.29) is 18.5 Å². The molecule has 3 aliphatic rings. The Hall–Kier alpha value is -2.34. The third-order valence-electron chi connectivity index (χ3n) is 6.55. The molecule has 1 aromatic heterocycles. The van der Waals surface area contributed by atoms with Crippen LogP contribution in [0, 0.1) is 5.92 Å². The topological polar surface area (TPSA) is 59.7 Å². The molecular weight excluding hydrogens is 328 g/mol. The molecule has 2 aromatic rings. The number of urea groups is 1. The molecule has 3 atom stereocenters. The number of rotatable bonds is 2. The zero-order valence-electron chi connectivity index (χ0n) is 15.2. The highest BCUT2D eigenvalue weighted by Crippen LogP contribution is 2.44. The second kappa shape index (κ2) is 5.58. The first kappa shape index (κ1) is 15.9. The van der Waals surface area contributed by atoms with Gasteiger partial charge in [0.25, 0.3) is 0 Å². The van der Waals surface area contributed by atoms with Crippen LogP contribution < -0.4 is 0 Å². The molecule has 2 saturated heterocycles. The van der Waals surface area contributed by atoms with Crippen LogP contribution in [0.3, 0.4) is 0 Å². The van der Waals surface area contributed by atoms with Crippen molar-refractivity contribution in [2.24, 2.45) is 5.92 Å². The van der Waals surface area contributed by atoms with Crippen LogP contribution >= 0.6 is 0 Å². The van der Waals surface area contributed by atoms with Crippen molar-refractivity contribution in [2.75, 3.05) is 33.7 Å². The Morgan fingerprint density at radius 3 is 2.85 bits per heavy atom. The number of benzene rings is 1. The van der Waals surface area contributed by atoms with Gasteiger partial charge in [-0.2, -0.15) is 0 Å². The van der Waals surface area contributed by atoms with Crippen LogP contribution in [-0.4, -0.2) is 71.4 Å². The predicted octanol–water partition coefficient (Wildman–Crippen LogP) is 2.02. The highest BCUT2D eigenvalue weighted by atomic mass is 16.2. The lowest BCUT2D eigenvalue weighted by Gasteiger charge is -2.46. The minimum Gasteiger partial charge on any atom is -0.361 e. The van der Waals surface area contributed by atoms with E-state index >= 15 is 0 Å². The number of amides is 3. The van der Waals surface area contributed by atoms with Crippen molar-refractivity contribution in [2.45, 2.75) is 24.8 Å². The van der Waals surface area contributed by atoms with Gasteiger partial charge >= 0.3 is 6.03 Å². The van der Waals surface area contributed by atoms with Gasteiger partial charge in [-0.05, 0) is 43.0 Å². The second-order valence-corrected chi connectivity index (χ2v) is 8.12. The first-order valence-corrected chi connectivity index (χ1v) is 9.37. The van der Waals surface area contributed by atoms with Gasteiger partial charge in [0, 0.05) is 49.2 Å². The molecule has 1 aliphatic carbocycles. The second-order valence-electron chi connectivity index (χ2n) is 8.12. The molecule has 26 heavy (non-hydrogen) atoms.